The number of aromatic nitrogens is 2. The van der Waals surface area contributed by atoms with E-state index in [1.807, 2.05) is 24.5 Å². The molecule has 3 aromatic rings. The van der Waals surface area contributed by atoms with Gasteiger partial charge >= 0.3 is 0 Å². The number of nitrogens with zero attached hydrogens (tertiary/aromatic N) is 4. The molecule has 6 rings (SSSR count). The van der Waals surface area contributed by atoms with E-state index in [9.17, 15) is 4.79 Å². The summed E-state index contributed by atoms with van der Waals surface area (Å²) < 4.78 is 0. The molecule has 8 heteroatoms. The molecular weight excluding hydrogens is 456 g/mol. The number of nitrogens with two attached hydrogens (primary N) is 1. The van der Waals surface area contributed by atoms with Crippen LogP contribution in [0.1, 0.15) is 34.7 Å². The van der Waals surface area contributed by atoms with E-state index in [0.29, 0.717) is 5.75 Å². The Hall–Kier alpha value is -2.94. The van der Waals surface area contributed by atoms with Crippen molar-refractivity contribution >= 4 is 23.5 Å². The number of pyridine rings is 2. The number of anilines is 1. The number of piperazine rings is 1. The molecule has 2 saturated heterocycles. The molecule has 3 unspecified atom stereocenters. The first-order valence-electron chi connectivity index (χ1n) is 12.3. The minimum absolute atomic E-state index is 0.271. The Morgan fingerprint density at radius 3 is 2.80 bits per heavy atom. The fraction of sp³-hybridized carbons (Fsp3) is 0.370. The van der Waals surface area contributed by atoms with Gasteiger partial charge in [-0.05, 0) is 35.2 Å². The van der Waals surface area contributed by atoms with Crippen molar-refractivity contribution in [1.82, 2.24) is 20.2 Å². The van der Waals surface area contributed by atoms with Gasteiger partial charge in [0.15, 0.2) is 0 Å². The zero-order valence-electron chi connectivity index (χ0n) is 19.6. The number of fused-ring (bicyclic) bond motifs is 5. The van der Waals surface area contributed by atoms with Gasteiger partial charge in [-0.1, -0.05) is 36.4 Å². The van der Waals surface area contributed by atoms with Crippen LogP contribution in [0.4, 0.5) is 5.82 Å². The number of hydrogen-bond donors (Lipinski definition) is 2. The van der Waals surface area contributed by atoms with Crippen molar-refractivity contribution in [2.75, 3.05) is 36.8 Å². The topological polar surface area (TPSA) is 87.4 Å². The van der Waals surface area contributed by atoms with Crippen molar-refractivity contribution in [2.45, 2.75) is 29.8 Å². The van der Waals surface area contributed by atoms with Gasteiger partial charge in [0, 0.05) is 62.5 Å². The fourth-order valence-corrected chi connectivity index (χ4v) is 7.18. The fourth-order valence-electron chi connectivity index (χ4n) is 5.73. The van der Waals surface area contributed by atoms with E-state index in [4.69, 9.17) is 10.7 Å². The van der Waals surface area contributed by atoms with Gasteiger partial charge < -0.3 is 10.6 Å². The van der Waals surface area contributed by atoms with Crippen molar-refractivity contribution in [2.24, 2.45) is 5.73 Å². The third-order valence-electron chi connectivity index (χ3n) is 7.55. The number of nitrogens with one attached hydrogen (secondary N) is 1. The third kappa shape index (κ3) is 4.20. The molecule has 3 aliphatic heterocycles. The van der Waals surface area contributed by atoms with Crippen LogP contribution in [0.15, 0.2) is 67.1 Å². The number of primary amides is 1. The van der Waals surface area contributed by atoms with Crippen molar-refractivity contribution in [3.05, 3.63) is 89.4 Å². The number of benzene rings is 1. The molecule has 0 aliphatic carbocycles. The molecule has 180 valence electrons. The summed E-state index contributed by atoms with van der Waals surface area (Å²) in [4.78, 5) is 25.8. The Labute approximate surface area is 210 Å². The maximum Gasteiger partial charge on any atom is 0.235 e. The van der Waals surface area contributed by atoms with Gasteiger partial charge in [-0.3, -0.25) is 20.0 Å². The summed E-state index contributed by atoms with van der Waals surface area (Å²) in [5.74, 6) is 1.51. The minimum atomic E-state index is -0.361. The predicted molar refractivity (Wildman–Crippen MR) is 139 cm³/mol. The Bertz CT molecular complexity index is 1220. The maximum absolute atomic E-state index is 11.9. The van der Waals surface area contributed by atoms with Crippen LogP contribution in [0.2, 0.25) is 0 Å². The normalized spacial score (nSPS) is 25.9. The zero-order valence-corrected chi connectivity index (χ0v) is 20.5. The van der Waals surface area contributed by atoms with Gasteiger partial charge in [-0.25, -0.2) is 4.98 Å². The van der Waals surface area contributed by atoms with Crippen molar-refractivity contribution < 1.29 is 4.79 Å². The van der Waals surface area contributed by atoms with Gasteiger partial charge in [0.2, 0.25) is 5.91 Å². The summed E-state index contributed by atoms with van der Waals surface area (Å²) in [6.07, 6.45) is 7.40. The second kappa shape index (κ2) is 9.26. The van der Waals surface area contributed by atoms with E-state index in [1.54, 1.807) is 18.0 Å². The molecule has 0 spiro atoms. The van der Waals surface area contributed by atoms with Crippen LogP contribution < -0.4 is 16.0 Å². The lowest BCUT2D eigenvalue weighted by molar-refractivity contribution is -0.119. The highest BCUT2D eigenvalue weighted by Gasteiger charge is 2.43. The Balaban J connectivity index is 1.25. The summed E-state index contributed by atoms with van der Waals surface area (Å²) in [5, 5.41) is 3.56. The number of carbonyl (C=O) groups is 1. The highest BCUT2D eigenvalue weighted by Crippen LogP contribution is 2.43. The van der Waals surface area contributed by atoms with E-state index < -0.39 is 0 Å². The molecule has 3 atom stereocenters. The van der Waals surface area contributed by atoms with Crippen molar-refractivity contribution in [3.8, 4) is 0 Å². The van der Waals surface area contributed by atoms with Gasteiger partial charge in [0.25, 0.3) is 0 Å². The van der Waals surface area contributed by atoms with E-state index >= 15 is 0 Å². The van der Waals surface area contributed by atoms with Gasteiger partial charge in [-0.15, -0.1) is 11.8 Å². The molecule has 0 bridgehead atoms. The van der Waals surface area contributed by atoms with Crippen LogP contribution in [-0.4, -0.2) is 58.7 Å². The Kier molecular flexibility index (Phi) is 5.96. The monoisotopic (exact) mass is 486 g/mol. The predicted octanol–water partition coefficient (Wildman–Crippen LogP) is 2.68. The second-order valence-corrected chi connectivity index (χ2v) is 10.9. The summed E-state index contributed by atoms with van der Waals surface area (Å²) in [7, 11) is 0. The summed E-state index contributed by atoms with van der Waals surface area (Å²) in [5.41, 5.74) is 10.9. The van der Waals surface area contributed by atoms with E-state index in [2.05, 4.69) is 56.5 Å². The maximum atomic E-state index is 11.9. The first-order valence-corrected chi connectivity index (χ1v) is 13.2. The summed E-state index contributed by atoms with van der Waals surface area (Å²) in [6.45, 7) is 3.77. The average Bonchev–Trinajstić information content (AvgIpc) is 3.29. The van der Waals surface area contributed by atoms with Gasteiger partial charge in [0.1, 0.15) is 5.82 Å². The van der Waals surface area contributed by atoms with Gasteiger partial charge in [-0.2, -0.15) is 0 Å². The van der Waals surface area contributed by atoms with E-state index in [-0.39, 0.29) is 22.9 Å². The van der Waals surface area contributed by atoms with Crippen LogP contribution in [0, 0.1) is 0 Å². The molecule has 5 heterocycles. The highest BCUT2D eigenvalue weighted by atomic mass is 32.2. The second-order valence-electron chi connectivity index (χ2n) is 9.60. The molecule has 35 heavy (non-hydrogen) atoms. The molecule has 2 fully saturated rings. The lowest BCUT2D eigenvalue weighted by atomic mass is 9.95. The Morgan fingerprint density at radius 1 is 1.11 bits per heavy atom. The molecule has 3 aliphatic rings. The zero-order chi connectivity index (χ0) is 23.8. The molecular formula is C27H30N6OS. The molecule has 0 radical (unpaired) electrons. The smallest absolute Gasteiger partial charge is 0.235 e. The first kappa shape index (κ1) is 22.5. The quantitative estimate of drug-likeness (QED) is 0.573. The number of rotatable bonds is 5. The van der Waals surface area contributed by atoms with Crippen molar-refractivity contribution in [3.63, 3.8) is 0 Å². The third-order valence-corrected chi connectivity index (χ3v) is 9.10. The van der Waals surface area contributed by atoms with Crippen LogP contribution in [-0.2, 0) is 16.1 Å². The largest absolute Gasteiger partial charge is 0.368 e. The molecule has 1 amide bonds. The molecule has 3 N–H and O–H groups in total. The van der Waals surface area contributed by atoms with Crippen LogP contribution in [0.3, 0.4) is 0 Å². The number of amides is 1. The number of carbonyl (C=O) groups excluding carboxylic acids is 1. The van der Waals surface area contributed by atoms with Crippen molar-refractivity contribution in [1.29, 1.82) is 0 Å². The number of hydrogen-bond acceptors (Lipinski definition) is 7. The minimum Gasteiger partial charge on any atom is -0.368 e. The SMILES string of the molecule is NC(=O)C1CSC(CCN2CCN3c4ncccc4Cc4ccccc4C3C2)(c2cccnc2)N1. The van der Waals surface area contributed by atoms with E-state index in [0.717, 1.165) is 50.4 Å². The Morgan fingerprint density at radius 2 is 1.97 bits per heavy atom. The summed E-state index contributed by atoms with van der Waals surface area (Å²) in [6, 6.07) is 17.1. The lowest BCUT2D eigenvalue weighted by Crippen LogP contribution is -2.51. The van der Waals surface area contributed by atoms with Crippen LogP contribution >= 0.6 is 11.8 Å². The first-order chi connectivity index (χ1) is 17.1. The molecule has 1 aromatic carbocycles. The highest BCUT2D eigenvalue weighted by molar-refractivity contribution is 8.00. The molecule has 2 aromatic heterocycles. The molecule has 0 saturated carbocycles. The standard InChI is InChI=1S/C27H30N6OS/c28-25(34)23-18-35-27(31-23,21-7-4-10-29-16-21)9-12-32-13-14-33-24(17-32)22-8-2-1-5-19(22)15-20-6-3-11-30-26(20)33/h1-8,10-11,16,23-24,31H,9,12-15,17-18H2,(H2,28,34). The molecule has 7 nitrogen and oxygen atoms in total. The summed E-state index contributed by atoms with van der Waals surface area (Å²) >= 11 is 1.77. The number of thioether (sulfide) groups is 1. The van der Waals surface area contributed by atoms with E-state index in [1.165, 1.54) is 16.7 Å². The van der Waals surface area contributed by atoms with Crippen LogP contribution in [0.5, 0.6) is 0 Å². The van der Waals surface area contributed by atoms with Crippen LogP contribution in [0.25, 0.3) is 0 Å². The average molecular weight is 487 g/mol. The van der Waals surface area contributed by atoms with Gasteiger partial charge in [0.05, 0.1) is 17.0 Å². The lowest BCUT2D eigenvalue weighted by Gasteiger charge is -2.43.